The number of nitrogens with zero attached hydrogens (tertiary/aromatic N) is 1. The van der Waals surface area contributed by atoms with Crippen LogP contribution in [0.2, 0.25) is 0 Å². The van der Waals surface area contributed by atoms with Gasteiger partial charge in [-0.2, -0.15) is 0 Å². The summed E-state index contributed by atoms with van der Waals surface area (Å²) < 4.78 is 0. The molecular formula is C20H23NO2S. The molecule has 3 rings (SSSR count). The Balaban J connectivity index is 1.47. The van der Waals surface area contributed by atoms with E-state index < -0.39 is 6.10 Å². The molecule has 0 aliphatic carbocycles. The summed E-state index contributed by atoms with van der Waals surface area (Å²) in [4.78, 5) is 15.4. The van der Waals surface area contributed by atoms with Crippen LogP contribution in [0.1, 0.15) is 24.5 Å². The number of rotatable bonds is 5. The molecule has 1 aliphatic rings. The standard InChI is InChI=1S/C20H23NO2S/c22-19(15-24-18-9-5-2-6-10-18)21-13-11-17(12-14-21)20(23)16-7-3-1-4-8-16/h1-10,17,20,23H,11-15H2. The van der Waals surface area contributed by atoms with E-state index in [1.807, 2.05) is 65.6 Å². The fraction of sp³-hybridized carbons (Fsp3) is 0.350. The predicted molar refractivity (Wildman–Crippen MR) is 97.9 cm³/mol. The lowest BCUT2D eigenvalue weighted by molar-refractivity contribution is -0.130. The highest BCUT2D eigenvalue weighted by molar-refractivity contribution is 8.00. The molecule has 0 spiro atoms. The van der Waals surface area contributed by atoms with Gasteiger partial charge in [-0.1, -0.05) is 48.5 Å². The highest BCUT2D eigenvalue weighted by atomic mass is 32.2. The second-order valence-corrected chi connectivity index (χ2v) is 7.22. The van der Waals surface area contributed by atoms with Crippen LogP contribution < -0.4 is 0 Å². The number of aliphatic hydroxyl groups excluding tert-OH is 1. The van der Waals surface area contributed by atoms with Crippen molar-refractivity contribution in [1.29, 1.82) is 0 Å². The molecular weight excluding hydrogens is 318 g/mol. The lowest BCUT2D eigenvalue weighted by Gasteiger charge is -2.34. The van der Waals surface area contributed by atoms with Gasteiger partial charge in [0, 0.05) is 18.0 Å². The molecule has 4 heteroatoms. The summed E-state index contributed by atoms with van der Waals surface area (Å²) in [7, 11) is 0. The summed E-state index contributed by atoms with van der Waals surface area (Å²) in [6.07, 6.45) is 1.29. The molecule has 2 aromatic rings. The Morgan fingerprint density at radius 3 is 2.25 bits per heavy atom. The van der Waals surface area contributed by atoms with Crippen LogP contribution >= 0.6 is 11.8 Å². The molecule has 0 aromatic heterocycles. The average Bonchev–Trinajstić information content (AvgIpc) is 2.67. The Labute approximate surface area is 147 Å². The van der Waals surface area contributed by atoms with Crippen molar-refractivity contribution in [2.75, 3.05) is 18.8 Å². The lowest BCUT2D eigenvalue weighted by Crippen LogP contribution is -2.40. The first-order chi connectivity index (χ1) is 11.7. The number of amides is 1. The molecule has 1 saturated heterocycles. The van der Waals surface area contributed by atoms with Crippen molar-refractivity contribution < 1.29 is 9.90 Å². The molecule has 126 valence electrons. The van der Waals surface area contributed by atoms with Crippen molar-refractivity contribution >= 4 is 17.7 Å². The molecule has 2 aromatic carbocycles. The topological polar surface area (TPSA) is 40.5 Å². The van der Waals surface area contributed by atoms with Crippen molar-refractivity contribution in [3.05, 3.63) is 66.2 Å². The molecule has 24 heavy (non-hydrogen) atoms. The summed E-state index contributed by atoms with van der Waals surface area (Å²) >= 11 is 1.59. The molecule has 0 saturated carbocycles. The minimum absolute atomic E-state index is 0.191. The molecule has 1 atom stereocenters. The third-order valence-electron chi connectivity index (χ3n) is 4.59. The van der Waals surface area contributed by atoms with E-state index in [1.54, 1.807) is 11.8 Å². The number of piperidine rings is 1. The predicted octanol–water partition coefficient (Wildman–Crippen LogP) is 3.75. The van der Waals surface area contributed by atoms with Gasteiger partial charge < -0.3 is 10.0 Å². The van der Waals surface area contributed by atoms with Crippen LogP contribution in [0.15, 0.2) is 65.6 Å². The van der Waals surface area contributed by atoms with Crippen LogP contribution in [0.25, 0.3) is 0 Å². The zero-order valence-corrected chi connectivity index (χ0v) is 14.5. The number of benzene rings is 2. The second-order valence-electron chi connectivity index (χ2n) is 6.18. The zero-order chi connectivity index (χ0) is 16.8. The minimum atomic E-state index is -0.429. The fourth-order valence-corrected chi connectivity index (χ4v) is 3.96. The van der Waals surface area contributed by atoms with Crippen molar-refractivity contribution in [2.24, 2.45) is 5.92 Å². The number of likely N-dealkylation sites (tertiary alicyclic amines) is 1. The molecule has 1 amide bonds. The van der Waals surface area contributed by atoms with Gasteiger partial charge in [-0.3, -0.25) is 4.79 Å². The van der Waals surface area contributed by atoms with Gasteiger partial charge in [0.1, 0.15) is 0 Å². The Morgan fingerprint density at radius 1 is 1.04 bits per heavy atom. The van der Waals surface area contributed by atoms with Gasteiger partial charge in [-0.25, -0.2) is 0 Å². The summed E-state index contributed by atoms with van der Waals surface area (Å²) in [6, 6.07) is 19.8. The smallest absolute Gasteiger partial charge is 0.232 e. The van der Waals surface area contributed by atoms with Gasteiger partial charge in [0.05, 0.1) is 11.9 Å². The van der Waals surface area contributed by atoms with Gasteiger partial charge in [0.15, 0.2) is 0 Å². The molecule has 1 fully saturated rings. The van der Waals surface area contributed by atoms with Gasteiger partial charge in [-0.05, 0) is 36.5 Å². The Bertz CT molecular complexity index is 639. The molecule has 1 unspecified atom stereocenters. The van der Waals surface area contributed by atoms with E-state index in [2.05, 4.69) is 0 Å². The number of carbonyl (C=O) groups is 1. The van der Waals surface area contributed by atoms with E-state index in [1.165, 1.54) is 0 Å². The van der Waals surface area contributed by atoms with Crippen molar-refractivity contribution in [3.63, 3.8) is 0 Å². The third-order valence-corrected chi connectivity index (χ3v) is 5.58. The van der Waals surface area contributed by atoms with Crippen molar-refractivity contribution in [2.45, 2.75) is 23.8 Å². The Morgan fingerprint density at radius 2 is 1.62 bits per heavy atom. The number of aliphatic hydroxyl groups is 1. The molecule has 0 radical (unpaired) electrons. The monoisotopic (exact) mass is 341 g/mol. The van der Waals surface area contributed by atoms with Gasteiger partial charge in [0.25, 0.3) is 0 Å². The maximum Gasteiger partial charge on any atom is 0.232 e. The first kappa shape index (κ1) is 17.1. The highest BCUT2D eigenvalue weighted by Crippen LogP contribution is 2.31. The number of thioether (sulfide) groups is 1. The van der Waals surface area contributed by atoms with Crippen molar-refractivity contribution in [1.82, 2.24) is 4.90 Å². The second kappa shape index (κ2) is 8.36. The highest BCUT2D eigenvalue weighted by Gasteiger charge is 2.28. The molecule has 3 nitrogen and oxygen atoms in total. The lowest BCUT2D eigenvalue weighted by atomic mass is 9.87. The van der Waals surface area contributed by atoms with Gasteiger partial charge >= 0.3 is 0 Å². The minimum Gasteiger partial charge on any atom is -0.388 e. The van der Waals surface area contributed by atoms with Crippen LogP contribution in [0, 0.1) is 5.92 Å². The van der Waals surface area contributed by atoms with Crippen LogP contribution in [-0.2, 0) is 4.79 Å². The summed E-state index contributed by atoms with van der Waals surface area (Å²) in [5.74, 6) is 0.908. The van der Waals surface area contributed by atoms with Crippen molar-refractivity contribution in [3.8, 4) is 0 Å². The SMILES string of the molecule is O=C(CSc1ccccc1)N1CCC(C(O)c2ccccc2)CC1. The Hall–Kier alpha value is -1.78. The van der Waals surface area contributed by atoms with E-state index >= 15 is 0 Å². The quantitative estimate of drug-likeness (QED) is 0.842. The Kier molecular flexibility index (Phi) is 5.94. The largest absolute Gasteiger partial charge is 0.388 e. The van der Waals surface area contributed by atoms with E-state index in [9.17, 15) is 9.90 Å². The fourth-order valence-electron chi connectivity index (χ4n) is 3.14. The van der Waals surface area contributed by atoms with Crippen LogP contribution in [0.4, 0.5) is 0 Å². The van der Waals surface area contributed by atoms with E-state index in [4.69, 9.17) is 0 Å². The summed E-state index contributed by atoms with van der Waals surface area (Å²) in [5, 5.41) is 10.5. The zero-order valence-electron chi connectivity index (χ0n) is 13.7. The average molecular weight is 341 g/mol. The number of hydrogen-bond acceptors (Lipinski definition) is 3. The van der Waals surface area contributed by atoms with Crippen LogP contribution in [0.3, 0.4) is 0 Å². The number of carbonyl (C=O) groups excluding carboxylic acids is 1. The van der Waals surface area contributed by atoms with E-state index in [0.29, 0.717) is 5.75 Å². The van der Waals surface area contributed by atoms with E-state index in [-0.39, 0.29) is 11.8 Å². The van der Waals surface area contributed by atoms with Gasteiger partial charge in [-0.15, -0.1) is 11.8 Å². The third kappa shape index (κ3) is 4.40. The summed E-state index contributed by atoms with van der Waals surface area (Å²) in [6.45, 7) is 1.48. The molecule has 1 N–H and O–H groups in total. The first-order valence-electron chi connectivity index (χ1n) is 8.42. The van der Waals surface area contributed by atoms with E-state index in [0.717, 1.165) is 36.4 Å². The normalized spacial score (nSPS) is 16.8. The van der Waals surface area contributed by atoms with Crippen LogP contribution in [-0.4, -0.2) is 34.8 Å². The molecule has 0 bridgehead atoms. The molecule has 1 heterocycles. The summed E-state index contributed by atoms with van der Waals surface area (Å²) in [5.41, 5.74) is 0.974. The van der Waals surface area contributed by atoms with Gasteiger partial charge in [0.2, 0.25) is 5.91 Å². The first-order valence-corrected chi connectivity index (χ1v) is 9.41. The molecule has 1 aliphatic heterocycles. The maximum atomic E-state index is 12.4. The maximum absolute atomic E-state index is 12.4. The number of hydrogen-bond donors (Lipinski definition) is 1. The van der Waals surface area contributed by atoms with Crippen LogP contribution in [0.5, 0.6) is 0 Å².